The molecule has 2 nitrogen and oxygen atoms in total. The third kappa shape index (κ3) is 6.50. The van der Waals surface area contributed by atoms with E-state index in [9.17, 15) is 26.3 Å². The van der Waals surface area contributed by atoms with Gasteiger partial charge in [-0.3, -0.25) is 0 Å². The fourth-order valence-corrected chi connectivity index (χ4v) is 7.89. The van der Waals surface area contributed by atoms with E-state index >= 15 is 17.6 Å². The number of benzene rings is 4. The number of halogens is 10. The summed E-state index contributed by atoms with van der Waals surface area (Å²) < 4.78 is 148. The molecule has 4 aromatic rings. The van der Waals surface area contributed by atoms with Gasteiger partial charge in [0.25, 0.3) is 0 Å². The summed E-state index contributed by atoms with van der Waals surface area (Å²) in [6.45, 7) is 13.7. The van der Waals surface area contributed by atoms with E-state index in [-0.39, 0.29) is 12.8 Å². The van der Waals surface area contributed by atoms with Crippen molar-refractivity contribution >= 4 is 17.7 Å². The van der Waals surface area contributed by atoms with Gasteiger partial charge in [-0.2, -0.15) is 0 Å². The fourth-order valence-electron chi connectivity index (χ4n) is 7.89. The second-order valence-electron chi connectivity index (χ2n) is 13.8. The summed E-state index contributed by atoms with van der Waals surface area (Å²) in [6.07, 6.45) is 1.22. The van der Waals surface area contributed by atoms with Crippen LogP contribution in [0.2, 0.25) is 0 Å². The summed E-state index contributed by atoms with van der Waals surface area (Å²) in [5, 5.41) is 0. The van der Waals surface area contributed by atoms with E-state index in [1.54, 1.807) is 15.8 Å². The molecule has 0 fully saturated rings. The number of aryl methyl sites for hydroxylation is 6. The first-order valence-electron chi connectivity index (χ1n) is 16.4. The average Bonchev–Trinajstić information content (AvgIpc) is 3.35. The molecular formula is C39H37F10N2+. The highest BCUT2D eigenvalue weighted by Gasteiger charge is 2.48. The van der Waals surface area contributed by atoms with E-state index in [1.165, 1.54) is 13.8 Å². The SMILES string of the molecule is Cc1cc(C)c(N2C=[N+](c3c(C)cc(C)cc3C)C(CC(C)c3c(F)c(F)c(F)c(F)c3F)C2CC(C)c2c(F)c(F)c(F)c(F)c2F)c(C)c1. The van der Waals surface area contributed by atoms with Gasteiger partial charge in [0.1, 0.15) is 23.5 Å². The molecule has 12 heteroatoms. The molecule has 51 heavy (non-hydrogen) atoms. The van der Waals surface area contributed by atoms with Crippen molar-refractivity contribution in [3.8, 4) is 0 Å². The molecule has 1 heterocycles. The van der Waals surface area contributed by atoms with Gasteiger partial charge in [0.15, 0.2) is 46.5 Å². The molecule has 0 saturated heterocycles. The van der Waals surface area contributed by atoms with Crippen LogP contribution in [-0.2, 0) is 0 Å². The molecule has 4 aromatic carbocycles. The van der Waals surface area contributed by atoms with Gasteiger partial charge in [0.05, 0.1) is 0 Å². The third-order valence-electron chi connectivity index (χ3n) is 9.86. The molecule has 0 N–H and O–H groups in total. The van der Waals surface area contributed by atoms with Crippen molar-refractivity contribution in [2.24, 2.45) is 0 Å². The highest BCUT2D eigenvalue weighted by Crippen LogP contribution is 2.43. The van der Waals surface area contributed by atoms with Crippen molar-refractivity contribution < 1.29 is 48.5 Å². The van der Waals surface area contributed by atoms with Gasteiger partial charge >= 0.3 is 0 Å². The van der Waals surface area contributed by atoms with Crippen LogP contribution >= 0.6 is 0 Å². The van der Waals surface area contributed by atoms with Crippen molar-refractivity contribution in [2.75, 3.05) is 4.90 Å². The number of rotatable bonds is 8. The van der Waals surface area contributed by atoms with Gasteiger partial charge in [0, 0.05) is 11.1 Å². The molecular weight excluding hydrogens is 686 g/mol. The second-order valence-corrected chi connectivity index (χ2v) is 13.8. The van der Waals surface area contributed by atoms with Crippen LogP contribution in [0.25, 0.3) is 0 Å². The predicted molar refractivity (Wildman–Crippen MR) is 176 cm³/mol. The Hall–Kier alpha value is -4.35. The molecule has 0 amide bonds. The smallest absolute Gasteiger partial charge is 0.226 e. The summed E-state index contributed by atoms with van der Waals surface area (Å²) in [5.41, 5.74) is 4.24. The highest BCUT2D eigenvalue weighted by atomic mass is 19.2. The molecule has 272 valence electrons. The Morgan fingerprint density at radius 3 is 1.24 bits per heavy atom. The molecule has 0 radical (unpaired) electrons. The molecule has 0 bridgehead atoms. The largest absolute Gasteiger partial charge is 0.245 e. The first-order valence-corrected chi connectivity index (χ1v) is 16.4. The first kappa shape index (κ1) is 37.9. The zero-order valence-electron chi connectivity index (χ0n) is 29.3. The number of hydrogen-bond donors (Lipinski definition) is 0. The van der Waals surface area contributed by atoms with E-state index in [0.29, 0.717) is 11.4 Å². The van der Waals surface area contributed by atoms with Crippen LogP contribution in [0.15, 0.2) is 24.3 Å². The Morgan fingerprint density at radius 2 is 0.843 bits per heavy atom. The predicted octanol–water partition coefficient (Wildman–Crippen LogP) is 11.2. The standard InChI is InChI=1S/C39H37F10N2/c1-16-9-20(5)38(21(6)10-16)50-15-51(39-22(7)11-17(2)12-23(39)8)25(14-19(4)27-30(42)34(46)37(49)35(47)31(27)43)24(50)13-18(3)26-28(40)32(44)36(48)33(45)29(26)41/h9-12,15,18-19,24-25H,13-14H2,1-8H3/q+1. The third-order valence-corrected chi connectivity index (χ3v) is 9.86. The minimum absolute atomic E-state index is 0.253. The molecule has 4 atom stereocenters. The van der Waals surface area contributed by atoms with Gasteiger partial charge in [-0.15, -0.1) is 0 Å². The van der Waals surface area contributed by atoms with Gasteiger partial charge in [-0.05, 0) is 88.5 Å². The summed E-state index contributed by atoms with van der Waals surface area (Å²) in [5.74, 6) is -23.5. The molecule has 0 aromatic heterocycles. The number of nitrogens with zero attached hydrogens (tertiary/aromatic N) is 2. The van der Waals surface area contributed by atoms with Crippen LogP contribution in [0.4, 0.5) is 55.3 Å². The maximum atomic E-state index is 15.2. The quantitative estimate of drug-likeness (QED) is 0.0759. The Kier molecular flexibility index (Phi) is 10.4. The number of anilines is 1. The lowest BCUT2D eigenvalue weighted by atomic mass is 9.83. The highest BCUT2D eigenvalue weighted by molar-refractivity contribution is 5.83. The summed E-state index contributed by atoms with van der Waals surface area (Å²) in [4.78, 5) is 1.81. The van der Waals surface area contributed by atoms with Gasteiger partial charge < -0.3 is 0 Å². The Morgan fingerprint density at radius 1 is 0.510 bits per heavy atom. The van der Waals surface area contributed by atoms with Crippen LogP contribution in [0.3, 0.4) is 0 Å². The molecule has 1 aliphatic heterocycles. The van der Waals surface area contributed by atoms with Crippen LogP contribution in [0.5, 0.6) is 0 Å². The minimum Gasteiger partial charge on any atom is -0.226 e. The van der Waals surface area contributed by atoms with Crippen LogP contribution in [0, 0.1) is 99.7 Å². The van der Waals surface area contributed by atoms with E-state index in [4.69, 9.17) is 0 Å². The van der Waals surface area contributed by atoms with Crippen molar-refractivity contribution in [3.05, 3.63) is 127 Å². The normalized spacial score (nSPS) is 17.3. The second kappa shape index (κ2) is 14.0. The van der Waals surface area contributed by atoms with Crippen molar-refractivity contribution in [2.45, 2.75) is 92.2 Å². The lowest BCUT2D eigenvalue weighted by molar-refractivity contribution is -0.476. The van der Waals surface area contributed by atoms with E-state index < -0.39 is 93.2 Å². The van der Waals surface area contributed by atoms with Gasteiger partial charge in [-0.1, -0.05) is 49.2 Å². The van der Waals surface area contributed by atoms with Crippen LogP contribution in [-0.4, -0.2) is 23.0 Å². The Balaban J connectivity index is 1.77. The topological polar surface area (TPSA) is 6.25 Å². The maximum Gasteiger partial charge on any atom is 0.245 e. The average molecular weight is 724 g/mol. The Labute approximate surface area is 290 Å². The van der Waals surface area contributed by atoms with Crippen LogP contribution < -0.4 is 4.90 Å². The summed E-state index contributed by atoms with van der Waals surface area (Å²) in [6, 6.07) is 5.82. The van der Waals surface area contributed by atoms with Crippen molar-refractivity contribution in [1.29, 1.82) is 0 Å². The molecule has 0 spiro atoms. The number of hydrogen-bond acceptors (Lipinski definition) is 1. The lowest BCUT2D eigenvalue weighted by Crippen LogP contribution is -2.41. The summed E-state index contributed by atoms with van der Waals surface area (Å²) in [7, 11) is 0. The lowest BCUT2D eigenvalue weighted by Gasteiger charge is -2.30. The van der Waals surface area contributed by atoms with Crippen LogP contribution in [0.1, 0.15) is 83.0 Å². The van der Waals surface area contributed by atoms with E-state index in [1.807, 2.05) is 65.8 Å². The van der Waals surface area contributed by atoms with Crippen molar-refractivity contribution in [3.63, 3.8) is 0 Å². The fraction of sp³-hybridized carbons (Fsp3) is 0.359. The maximum absolute atomic E-state index is 15.2. The molecule has 0 aliphatic carbocycles. The van der Waals surface area contributed by atoms with E-state index in [2.05, 4.69) is 0 Å². The van der Waals surface area contributed by atoms with Crippen molar-refractivity contribution in [1.82, 2.24) is 0 Å². The molecule has 0 saturated carbocycles. The molecule has 5 rings (SSSR count). The molecule has 1 aliphatic rings. The van der Waals surface area contributed by atoms with E-state index in [0.717, 1.165) is 33.4 Å². The Bertz CT molecular complexity index is 1990. The van der Waals surface area contributed by atoms with Gasteiger partial charge in [-0.25, -0.2) is 53.4 Å². The van der Waals surface area contributed by atoms with Gasteiger partial charge in [0.2, 0.25) is 18.0 Å². The monoisotopic (exact) mass is 723 g/mol. The zero-order valence-corrected chi connectivity index (χ0v) is 29.3. The summed E-state index contributed by atoms with van der Waals surface area (Å²) >= 11 is 0. The minimum atomic E-state index is -2.30. The molecule has 4 unspecified atom stereocenters. The zero-order chi connectivity index (χ0) is 38.0. The first-order chi connectivity index (χ1) is 23.8.